The monoisotopic (exact) mass is 354 g/mol. The van der Waals surface area contributed by atoms with Gasteiger partial charge in [0.1, 0.15) is 5.75 Å². The van der Waals surface area contributed by atoms with Crippen LogP contribution >= 0.6 is 0 Å². The number of ether oxygens (including phenoxy) is 2. The van der Waals surface area contributed by atoms with Gasteiger partial charge < -0.3 is 9.47 Å². The van der Waals surface area contributed by atoms with Gasteiger partial charge in [-0.05, 0) is 75.4 Å². The summed E-state index contributed by atoms with van der Waals surface area (Å²) in [5, 5.41) is 0. The molecule has 0 saturated carbocycles. The lowest BCUT2D eigenvalue weighted by molar-refractivity contribution is -0.137. The Hall–Kier alpha value is -2.55. The van der Waals surface area contributed by atoms with Gasteiger partial charge in [0.05, 0.1) is 13.7 Å². The van der Waals surface area contributed by atoms with Crippen LogP contribution in [0.15, 0.2) is 47.6 Å². The molecule has 140 valence electrons. The third kappa shape index (κ3) is 6.40. The van der Waals surface area contributed by atoms with Crippen molar-refractivity contribution in [2.75, 3.05) is 13.7 Å². The number of methoxy groups -OCH3 is 1. The zero-order valence-corrected chi connectivity index (χ0v) is 17.0. The van der Waals surface area contributed by atoms with Crippen molar-refractivity contribution in [1.82, 2.24) is 0 Å². The van der Waals surface area contributed by atoms with Crippen LogP contribution in [0.1, 0.15) is 43.0 Å². The van der Waals surface area contributed by atoms with Crippen molar-refractivity contribution < 1.29 is 14.3 Å². The van der Waals surface area contributed by atoms with Crippen LogP contribution in [0.2, 0.25) is 0 Å². The molecule has 1 aromatic carbocycles. The highest BCUT2D eigenvalue weighted by molar-refractivity contribution is 5.83. The van der Waals surface area contributed by atoms with Crippen LogP contribution in [-0.4, -0.2) is 19.7 Å². The molecule has 0 unspecified atom stereocenters. The van der Waals surface area contributed by atoms with Crippen molar-refractivity contribution in [3.8, 4) is 5.75 Å². The lowest BCUT2D eigenvalue weighted by Gasteiger charge is -2.13. The van der Waals surface area contributed by atoms with E-state index in [1.807, 2.05) is 32.1 Å². The minimum atomic E-state index is -0.309. The zero-order valence-electron chi connectivity index (χ0n) is 17.0. The molecule has 0 radical (unpaired) electrons. The molecule has 0 amide bonds. The van der Waals surface area contributed by atoms with Gasteiger partial charge in [0, 0.05) is 6.08 Å². The number of rotatable bonds is 7. The van der Waals surface area contributed by atoms with E-state index in [2.05, 4.69) is 39.0 Å². The molecule has 3 heteroatoms. The van der Waals surface area contributed by atoms with Gasteiger partial charge in [0.2, 0.25) is 0 Å². The Balaban J connectivity index is 2.89. The van der Waals surface area contributed by atoms with Crippen LogP contribution in [0.4, 0.5) is 0 Å². The van der Waals surface area contributed by atoms with E-state index < -0.39 is 0 Å². The molecule has 0 saturated heterocycles. The number of allylic oxidation sites excluding steroid dienone is 6. The number of benzene rings is 1. The maximum Gasteiger partial charge on any atom is 0.330 e. The molecular weight excluding hydrogens is 324 g/mol. The normalized spacial score (nSPS) is 12.9. The molecule has 0 N–H and O–H groups in total. The second kappa shape index (κ2) is 10.4. The molecule has 0 spiro atoms. The van der Waals surface area contributed by atoms with Gasteiger partial charge in [-0.3, -0.25) is 0 Å². The molecule has 0 aromatic heterocycles. The summed E-state index contributed by atoms with van der Waals surface area (Å²) in [7, 11) is 1.70. The Bertz CT molecular complexity index is 762. The van der Waals surface area contributed by atoms with E-state index in [1.54, 1.807) is 14.0 Å². The number of aryl methyl sites for hydroxylation is 1. The molecule has 0 heterocycles. The molecule has 1 rings (SSSR count). The molecule has 0 bridgehead atoms. The number of carbonyl (C=O) groups excluding carboxylic acids is 1. The SMILES string of the molecule is CCOC(=O)/C=C(C)/C=C/C=C(\C)C=Cc1c(C)cc(OC)c(C)c1C. The van der Waals surface area contributed by atoms with Gasteiger partial charge in [0.25, 0.3) is 0 Å². The first-order chi connectivity index (χ1) is 12.3. The summed E-state index contributed by atoms with van der Waals surface area (Å²) in [5.74, 6) is 0.618. The summed E-state index contributed by atoms with van der Waals surface area (Å²) in [6.07, 6.45) is 11.6. The molecule has 0 aliphatic heterocycles. The van der Waals surface area contributed by atoms with Crippen LogP contribution in [0.5, 0.6) is 5.75 Å². The predicted octanol–water partition coefficient (Wildman–Crippen LogP) is 5.65. The van der Waals surface area contributed by atoms with Gasteiger partial charge >= 0.3 is 5.97 Å². The summed E-state index contributed by atoms with van der Waals surface area (Å²) in [6, 6.07) is 2.07. The fraction of sp³-hybridized carbons (Fsp3) is 0.348. The second-order valence-electron chi connectivity index (χ2n) is 6.30. The lowest BCUT2D eigenvalue weighted by Crippen LogP contribution is -1.99. The molecular formula is C23H30O3. The Morgan fingerprint density at radius 2 is 1.77 bits per heavy atom. The molecule has 0 aliphatic rings. The summed E-state index contributed by atoms with van der Waals surface area (Å²) in [4.78, 5) is 11.4. The maximum atomic E-state index is 11.4. The predicted molar refractivity (Wildman–Crippen MR) is 110 cm³/mol. The van der Waals surface area contributed by atoms with Gasteiger partial charge in [0.15, 0.2) is 0 Å². The smallest absolute Gasteiger partial charge is 0.330 e. The number of esters is 1. The van der Waals surface area contributed by atoms with Crippen LogP contribution in [0, 0.1) is 20.8 Å². The highest BCUT2D eigenvalue weighted by Crippen LogP contribution is 2.28. The Kier molecular flexibility index (Phi) is 8.63. The molecule has 1 aromatic rings. The van der Waals surface area contributed by atoms with Gasteiger partial charge in [-0.1, -0.05) is 36.0 Å². The van der Waals surface area contributed by atoms with Gasteiger partial charge in [-0.2, -0.15) is 0 Å². The topological polar surface area (TPSA) is 35.5 Å². The molecule has 0 atom stereocenters. The first kappa shape index (κ1) is 21.5. The van der Waals surface area contributed by atoms with E-state index in [0.717, 1.165) is 16.9 Å². The summed E-state index contributed by atoms with van der Waals surface area (Å²) >= 11 is 0. The van der Waals surface area contributed by atoms with E-state index in [4.69, 9.17) is 9.47 Å². The van der Waals surface area contributed by atoms with Crippen molar-refractivity contribution in [2.24, 2.45) is 0 Å². The quantitative estimate of drug-likeness (QED) is 0.361. The van der Waals surface area contributed by atoms with Crippen LogP contribution in [-0.2, 0) is 9.53 Å². The van der Waals surface area contributed by atoms with Gasteiger partial charge in [-0.25, -0.2) is 4.79 Å². The first-order valence-corrected chi connectivity index (χ1v) is 8.83. The number of hydrogen-bond acceptors (Lipinski definition) is 3. The van der Waals surface area contributed by atoms with E-state index in [1.165, 1.54) is 28.3 Å². The standard InChI is InChI=1S/C23H30O3/c1-8-26-23(24)14-17(3)11-9-10-16(2)12-13-21-18(4)15-22(25-7)20(6)19(21)5/h9-15H,8H2,1-7H3/b11-9+,13-12?,16-10+,17-14+. The second-order valence-corrected chi connectivity index (χ2v) is 6.30. The zero-order chi connectivity index (χ0) is 19.7. The molecule has 3 nitrogen and oxygen atoms in total. The fourth-order valence-electron chi connectivity index (χ4n) is 2.57. The average molecular weight is 354 g/mol. The number of hydrogen-bond donors (Lipinski definition) is 0. The van der Waals surface area contributed by atoms with Crippen LogP contribution in [0.3, 0.4) is 0 Å². The third-order valence-electron chi connectivity index (χ3n) is 4.19. The van der Waals surface area contributed by atoms with E-state index >= 15 is 0 Å². The Labute approximate surface area is 157 Å². The lowest BCUT2D eigenvalue weighted by atomic mass is 9.96. The van der Waals surface area contributed by atoms with Crippen molar-refractivity contribution in [3.63, 3.8) is 0 Å². The van der Waals surface area contributed by atoms with Crippen LogP contribution in [0.25, 0.3) is 6.08 Å². The largest absolute Gasteiger partial charge is 0.496 e. The Morgan fingerprint density at radius 1 is 1.08 bits per heavy atom. The van der Waals surface area contributed by atoms with Crippen molar-refractivity contribution >= 4 is 12.0 Å². The highest BCUT2D eigenvalue weighted by Gasteiger charge is 2.08. The van der Waals surface area contributed by atoms with E-state index in [9.17, 15) is 4.79 Å². The maximum absolute atomic E-state index is 11.4. The van der Waals surface area contributed by atoms with Crippen molar-refractivity contribution in [3.05, 3.63) is 69.8 Å². The minimum Gasteiger partial charge on any atom is -0.496 e. The molecule has 26 heavy (non-hydrogen) atoms. The van der Waals surface area contributed by atoms with Crippen molar-refractivity contribution in [2.45, 2.75) is 41.5 Å². The third-order valence-corrected chi connectivity index (χ3v) is 4.19. The average Bonchev–Trinajstić information content (AvgIpc) is 2.58. The summed E-state index contributed by atoms with van der Waals surface area (Å²) in [6.45, 7) is 12.4. The van der Waals surface area contributed by atoms with E-state index in [0.29, 0.717) is 6.61 Å². The minimum absolute atomic E-state index is 0.309. The summed E-state index contributed by atoms with van der Waals surface area (Å²) in [5.41, 5.74) is 6.79. The van der Waals surface area contributed by atoms with Gasteiger partial charge in [-0.15, -0.1) is 0 Å². The van der Waals surface area contributed by atoms with E-state index in [-0.39, 0.29) is 5.97 Å². The molecule has 0 aliphatic carbocycles. The van der Waals surface area contributed by atoms with Crippen molar-refractivity contribution in [1.29, 1.82) is 0 Å². The Morgan fingerprint density at radius 3 is 2.38 bits per heavy atom. The summed E-state index contributed by atoms with van der Waals surface area (Å²) < 4.78 is 10.3. The number of carbonyl (C=O) groups is 1. The van der Waals surface area contributed by atoms with Crippen LogP contribution < -0.4 is 4.74 Å². The fourth-order valence-corrected chi connectivity index (χ4v) is 2.57. The molecule has 0 fully saturated rings. The first-order valence-electron chi connectivity index (χ1n) is 8.83. The highest BCUT2D eigenvalue weighted by atomic mass is 16.5.